The fourth-order valence-corrected chi connectivity index (χ4v) is 2.82. The summed E-state index contributed by atoms with van der Waals surface area (Å²) in [6.07, 6.45) is 1.23. The summed E-state index contributed by atoms with van der Waals surface area (Å²) in [5.74, 6) is 1.00. The van der Waals surface area contributed by atoms with Gasteiger partial charge in [-0.2, -0.15) is 5.10 Å². The van der Waals surface area contributed by atoms with Gasteiger partial charge in [-0.15, -0.1) is 0 Å². The predicted octanol–water partition coefficient (Wildman–Crippen LogP) is 3.03. The Hall–Kier alpha value is -2.30. The fraction of sp³-hybridized carbons (Fsp3) is 0.474. The van der Waals surface area contributed by atoms with Crippen molar-refractivity contribution in [1.82, 2.24) is 14.7 Å². The molecule has 5 nitrogen and oxygen atoms in total. The van der Waals surface area contributed by atoms with E-state index in [-0.39, 0.29) is 5.91 Å². The summed E-state index contributed by atoms with van der Waals surface area (Å²) >= 11 is 0. The van der Waals surface area contributed by atoms with Crippen molar-refractivity contribution in [2.45, 2.75) is 40.2 Å². The number of aryl methyl sites for hydroxylation is 2. The Morgan fingerprint density at radius 3 is 2.46 bits per heavy atom. The lowest BCUT2D eigenvalue weighted by atomic mass is 10.1. The van der Waals surface area contributed by atoms with Crippen LogP contribution in [0, 0.1) is 13.8 Å². The van der Waals surface area contributed by atoms with E-state index in [4.69, 9.17) is 4.74 Å². The molecule has 1 amide bonds. The maximum atomic E-state index is 12.4. The average molecular weight is 329 g/mol. The molecule has 0 unspecified atom stereocenters. The van der Waals surface area contributed by atoms with Crippen LogP contribution in [0.1, 0.15) is 35.9 Å². The van der Waals surface area contributed by atoms with Crippen molar-refractivity contribution >= 4 is 5.91 Å². The van der Waals surface area contributed by atoms with Crippen LogP contribution in [0.2, 0.25) is 0 Å². The Bertz CT molecular complexity index is 689. The van der Waals surface area contributed by atoms with Crippen molar-refractivity contribution in [1.29, 1.82) is 0 Å². The molecule has 0 saturated carbocycles. The van der Waals surface area contributed by atoms with E-state index in [0.717, 1.165) is 29.1 Å². The van der Waals surface area contributed by atoms with Crippen LogP contribution in [0.4, 0.5) is 0 Å². The first-order chi connectivity index (χ1) is 11.4. The maximum absolute atomic E-state index is 12.4. The van der Waals surface area contributed by atoms with Crippen LogP contribution >= 0.6 is 0 Å². The second kappa shape index (κ2) is 7.99. The molecular formula is C19H27N3O2. The molecule has 0 saturated heterocycles. The maximum Gasteiger partial charge on any atom is 0.222 e. The van der Waals surface area contributed by atoms with Crippen molar-refractivity contribution < 1.29 is 9.53 Å². The number of benzene rings is 1. The quantitative estimate of drug-likeness (QED) is 0.784. The van der Waals surface area contributed by atoms with E-state index in [0.29, 0.717) is 19.6 Å². The minimum atomic E-state index is 0.145. The van der Waals surface area contributed by atoms with Gasteiger partial charge < -0.3 is 9.64 Å². The van der Waals surface area contributed by atoms with Crippen molar-refractivity contribution in [3.05, 3.63) is 46.8 Å². The topological polar surface area (TPSA) is 47.4 Å². The normalized spacial score (nSPS) is 10.7. The Labute approximate surface area is 144 Å². The lowest BCUT2D eigenvalue weighted by molar-refractivity contribution is -0.130. The Morgan fingerprint density at radius 1 is 1.25 bits per heavy atom. The average Bonchev–Trinajstić information content (AvgIpc) is 2.80. The van der Waals surface area contributed by atoms with Gasteiger partial charge in [0.1, 0.15) is 5.75 Å². The number of hydrogen-bond acceptors (Lipinski definition) is 3. The van der Waals surface area contributed by atoms with Gasteiger partial charge in [-0.05, 0) is 50.5 Å². The van der Waals surface area contributed by atoms with Gasteiger partial charge in [0.25, 0.3) is 0 Å². The van der Waals surface area contributed by atoms with Gasteiger partial charge in [0.2, 0.25) is 5.91 Å². The highest BCUT2D eigenvalue weighted by molar-refractivity contribution is 5.76. The van der Waals surface area contributed by atoms with Gasteiger partial charge in [-0.1, -0.05) is 12.1 Å². The van der Waals surface area contributed by atoms with Gasteiger partial charge in [0.05, 0.1) is 12.3 Å². The van der Waals surface area contributed by atoms with Crippen LogP contribution in [-0.4, -0.2) is 34.2 Å². The largest absolute Gasteiger partial charge is 0.494 e. The SMILES string of the molecule is CCOc1ccc(CN(C)C(=O)CCc2c(C)nn(C)c2C)cc1. The minimum absolute atomic E-state index is 0.145. The molecule has 0 N–H and O–H groups in total. The molecule has 1 heterocycles. The van der Waals surface area contributed by atoms with Crippen LogP contribution < -0.4 is 4.74 Å². The molecule has 2 aromatic rings. The van der Waals surface area contributed by atoms with Gasteiger partial charge >= 0.3 is 0 Å². The standard InChI is InChI=1S/C19H27N3O2/c1-6-24-17-9-7-16(8-10-17)13-21(4)19(23)12-11-18-14(2)20-22(5)15(18)3/h7-10H,6,11-13H2,1-5H3. The van der Waals surface area contributed by atoms with Gasteiger partial charge in [0, 0.05) is 32.8 Å². The Morgan fingerprint density at radius 2 is 1.92 bits per heavy atom. The first-order valence-electron chi connectivity index (χ1n) is 8.37. The highest BCUT2D eigenvalue weighted by Gasteiger charge is 2.14. The van der Waals surface area contributed by atoms with Crippen molar-refractivity contribution in [3.63, 3.8) is 0 Å². The zero-order valence-corrected chi connectivity index (χ0v) is 15.3. The molecule has 2 rings (SSSR count). The van der Waals surface area contributed by atoms with Gasteiger partial charge in [-0.25, -0.2) is 0 Å². The summed E-state index contributed by atoms with van der Waals surface area (Å²) in [4.78, 5) is 14.2. The first-order valence-corrected chi connectivity index (χ1v) is 8.37. The van der Waals surface area contributed by atoms with E-state index in [1.54, 1.807) is 4.90 Å². The van der Waals surface area contributed by atoms with Gasteiger partial charge in [0.15, 0.2) is 0 Å². The van der Waals surface area contributed by atoms with E-state index in [1.165, 1.54) is 5.56 Å². The van der Waals surface area contributed by atoms with E-state index in [9.17, 15) is 4.79 Å². The zero-order chi connectivity index (χ0) is 17.7. The van der Waals surface area contributed by atoms with Crippen LogP contribution in [0.3, 0.4) is 0 Å². The summed E-state index contributed by atoms with van der Waals surface area (Å²) in [6.45, 7) is 7.27. The van der Waals surface area contributed by atoms with E-state index >= 15 is 0 Å². The van der Waals surface area contributed by atoms with Gasteiger partial charge in [-0.3, -0.25) is 9.48 Å². The highest BCUT2D eigenvalue weighted by atomic mass is 16.5. The number of carbonyl (C=O) groups excluding carboxylic acids is 1. The van der Waals surface area contributed by atoms with Crippen LogP contribution in [0.5, 0.6) is 5.75 Å². The van der Waals surface area contributed by atoms with Crippen LogP contribution in [0.25, 0.3) is 0 Å². The minimum Gasteiger partial charge on any atom is -0.494 e. The van der Waals surface area contributed by atoms with E-state index in [1.807, 2.05) is 63.8 Å². The molecule has 5 heteroatoms. The Balaban J connectivity index is 1.90. The third kappa shape index (κ3) is 4.37. The number of ether oxygens (including phenoxy) is 1. The molecule has 0 bridgehead atoms. The summed E-state index contributed by atoms with van der Waals surface area (Å²) in [5, 5.41) is 4.40. The molecule has 1 aromatic carbocycles. The third-order valence-corrected chi connectivity index (χ3v) is 4.33. The first kappa shape index (κ1) is 18.0. The summed E-state index contributed by atoms with van der Waals surface area (Å²) in [7, 11) is 3.79. The molecule has 0 aliphatic rings. The second-order valence-electron chi connectivity index (χ2n) is 6.10. The predicted molar refractivity (Wildman–Crippen MR) is 95.1 cm³/mol. The number of rotatable bonds is 7. The zero-order valence-electron chi connectivity index (χ0n) is 15.3. The second-order valence-corrected chi connectivity index (χ2v) is 6.10. The molecule has 0 spiro atoms. The van der Waals surface area contributed by atoms with E-state index in [2.05, 4.69) is 5.10 Å². The van der Waals surface area contributed by atoms with Crippen LogP contribution in [-0.2, 0) is 24.8 Å². The summed E-state index contributed by atoms with van der Waals surface area (Å²) in [6, 6.07) is 7.90. The smallest absolute Gasteiger partial charge is 0.222 e. The number of hydrogen-bond donors (Lipinski definition) is 0. The summed E-state index contributed by atoms with van der Waals surface area (Å²) < 4.78 is 7.31. The molecule has 130 valence electrons. The molecule has 0 atom stereocenters. The Kier molecular flexibility index (Phi) is 6.01. The summed E-state index contributed by atoms with van der Waals surface area (Å²) in [5.41, 5.74) is 4.43. The molecule has 24 heavy (non-hydrogen) atoms. The van der Waals surface area contributed by atoms with Crippen molar-refractivity contribution in [2.75, 3.05) is 13.7 Å². The molecule has 0 radical (unpaired) electrons. The lowest BCUT2D eigenvalue weighted by Gasteiger charge is -2.17. The number of aromatic nitrogens is 2. The fourth-order valence-electron chi connectivity index (χ4n) is 2.82. The number of nitrogens with zero attached hydrogens (tertiary/aromatic N) is 3. The molecule has 0 fully saturated rings. The molecule has 0 aliphatic carbocycles. The molecule has 1 aromatic heterocycles. The van der Waals surface area contributed by atoms with Crippen LogP contribution in [0.15, 0.2) is 24.3 Å². The third-order valence-electron chi connectivity index (χ3n) is 4.33. The number of carbonyl (C=O) groups is 1. The molecule has 0 aliphatic heterocycles. The van der Waals surface area contributed by atoms with Crippen molar-refractivity contribution in [2.24, 2.45) is 7.05 Å². The van der Waals surface area contributed by atoms with Crippen molar-refractivity contribution in [3.8, 4) is 5.75 Å². The lowest BCUT2D eigenvalue weighted by Crippen LogP contribution is -2.26. The van der Waals surface area contributed by atoms with E-state index < -0.39 is 0 Å². The highest BCUT2D eigenvalue weighted by Crippen LogP contribution is 2.16. The number of amides is 1. The monoisotopic (exact) mass is 329 g/mol. The molecular weight excluding hydrogens is 302 g/mol.